The van der Waals surface area contributed by atoms with Gasteiger partial charge in [-0.1, -0.05) is 6.92 Å². The second-order valence-corrected chi connectivity index (χ2v) is 4.54. The van der Waals surface area contributed by atoms with E-state index in [0.29, 0.717) is 0 Å². The normalized spacial score (nSPS) is 26.3. The fourth-order valence-electron chi connectivity index (χ4n) is 1.80. The minimum absolute atomic E-state index is 0.0486. The number of carbonyl (C=O) groups excluding carboxylic acids is 1. The summed E-state index contributed by atoms with van der Waals surface area (Å²) in [6, 6.07) is 0.452. The molecule has 0 spiro atoms. The average Bonchev–Trinajstić information content (AvgIpc) is 2.63. The Morgan fingerprint density at radius 3 is 2.73 bits per heavy atom. The van der Waals surface area contributed by atoms with E-state index in [4.69, 9.17) is 5.73 Å². The monoisotopic (exact) mass is 213 g/mol. The van der Waals surface area contributed by atoms with Crippen molar-refractivity contribution in [1.29, 1.82) is 0 Å². The van der Waals surface area contributed by atoms with Crippen molar-refractivity contribution in [1.82, 2.24) is 10.2 Å². The van der Waals surface area contributed by atoms with Gasteiger partial charge < -0.3 is 11.1 Å². The molecule has 15 heavy (non-hydrogen) atoms. The molecule has 0 aliphatic carbocycles. The molecule has 3 atom stereocenters. The van der Waals surface area contributed by atoms with E-state index in [-0.39, 0.29) is 24.0 Å². The third-order valence-electron chi connectivity index (χ3n) is 3.18. The Morgan fingerprint density at radius 2 is 2.27 bits per heavy atom. The number of nitrogens with zero attached hydrogens (tertiary/aromatic N) is 1. The lowest BCUT2D eigenvalue weighted by molar-refractivity contribution is -0.126. The van der Waals surface area contributed by atoms with Crippen LogP contribution in [0.15, 0.2) is 0 Å². The molecular weight excluding hydrogens is 190 g/mol. The minimum atomic E-state index is -0.0486. The molecule has 0 radical (unpaired) electrons. The number of carbonyl (C=O) groups is 1. The smallest absolute Gasteiger partial charge is 0.237 e. The Kier molecular flexibility index (Phi) is 4.54. The molecule has 1 heterocycles. The van der Waals surface area contributed by atoms with Gasteiger partial charge in [0.25, 0.3) is 0 Å². The average molecular weight is 213 g/mol. The van der Waals surface area contributed by atoms with Crippen LogP contribution < -0.4 is 11.1 Å². The Morgan fingerprint density at radius 1 is 1.60 bits per heavy atom. The van der Waals surface area contributed by atoms with Gasteiger partial charge in [-0.2, -0.15) is 0 Å². The number of rotatable bonds is 4. The number of amides is 1. The largest absolute Gasteiger partial charge is 0.352 e. The first-order valence-corrected chi connectivity index (χ1v) is 5.84. The fourth-order valence-corrected chi connectivity index (χ4v) is 1.80. The van der Waals surface area contributed by atoms with Crippen molar-refractivity contribution in [3.63, 3.8) is 0 Å². The molecule has 0 aromatic heterocycles. The predicted molar refractivity (Wildman–Crippen MR) is 61.5 cm³/mol. The Hall–Kier alpha value is -0.610. The van der Waals surface area contributed by atoms with Crippen molar-refractivity contribution < 1.29 is 4.79 Å². The van der Waals surface area contributed by atoms with E-state index in [2.05, 4.69) is 17.1 Å². The van der Waals surface area contributed by atoms with Crippen molar-refractivity contribution in [3.8, 4) is 0 Å². The number of likely N-dealkylation sites (tertiary alicyclic amines) is 1. The SMILES string of the molecule is CCC(C)NC(=O)C(C)N1CC[C@@H](N)C1. The Labute approximate surface area is 92.2 Å². The molecule has 4 nitrogen and oxygen atoms in total. The van der Waals surface area contributed by atoms with Crippen LogP contribution in [0.1, 0.15) is 33.6 Å². The highest BCUT2D eigenvalue weighted by Crippen LogP contribution is 2.11. The van der Waals surface area contributed by atoms with E-state index < -0.39 is 0 Å². The molecular formula is C11H23N3O. The lowest BCUT2D eigenvalue weighted by Crippen LogP contribution is -2.47. The highest BCUT2D eigenvalue weighted by molar-refractivity contribution is 5.81. The zero-order chi connectivity index (χ0) is 11.4. The van der Waals surface area contributed by atoms with Crippen molar-refractivity contribution in [2.45, 2.75) is 51.7 Å². The van der Waals surface area contributed by atoms with Gasteiger partial charge in [-0.15, -0.1) is 0 Å². The van der Waals surface area contributed by atoms with Crippen LogP contribution in [0.3, 0.4) is 0 Å². The second kappa shape index (κ2) is 5.47. The van der Waals surface area contributed by atoms with Gasteiger partial charge in [-0.3, -0.25) is 9.69 Å². The van der Waals surface area contributed by atoms with Crippen LogP contribution in [0.25, 0.3) is 0 Å². The molecule has 4 heteroatoms. The summed E-state index contributed by atoms with van der Waals surface area (Å²) in [4.78, 5) is 14.0. The Bertz CT molecular complexity index is 220. The van der Waals surface area contributed by atoms with Crippen molar-refractivity contribution in [3.05, 3.63) is 0 Å². The first-order chi connectivity index (χ1) is 7.04. The molecule has 0 bridgehead atoms. The summed E-state index contributed by atoms with van der Waals surface area (Å²) >= 11 is 0. The van der Waals surface area contributed by atoms with Crippen LogP contribution in [0.2, 0.25) is 0 Å². The maximum atomic E-state index is 11.8. The van der Waals surface area contributed by atoms with E-state index in [9.17, 15) is 4.79 Å². The molecule has 1 aliphatic rings. The van der Waals surface area contributed by atoms with Crippen molar-refractivity contribution in [2.75, 3.05) is 13.1 Å². The molecule has 88 valence electrons. The van der Waals surface area contributed by atoms with Crippen LogP contribution in [-0.2, 0) is 4.79 Å². The summed E-state index contributed by atoms with van der Waals surface area (Å²) in [5.41, 5.74) is 5.82. The summed E-state index contributed by atoms with van der Waals surface area (Å²) in [7, 11) is 0. The van der Waals surface area contributed by atoms with E-state index in [1.54, 1.807) is 0 Å². The van der Waals surface area contributed by atoms with E-state index in [1.807, 2.05) is 13.8 Å². The van der Waals surface area contributed by atoms with Crippen LogP contribution in [0, 0.1) is 0 Å². The molecule has 0 aromatic rings. The standard InChI is InChI=1S/C11H23N3O/c1-4-8(2)13-11(15)9(3)14-6-5-10(12)7-14/h8-10H,4-7,12H2,1-3H3,(H,13,15)/t8?,9?,10-/m1/s1. The zero-order valence-electron chi connectivity index (χ0n) is 9.99. The van der Waals surface area contributed by atoms with Gasteiger partial charge in [0.1, 0.15) is 0 Å². The molecule has 1 rings (SSSR count). The van der Waals surface area contributed by atoms with Gasteiger partial charge in [0.05, 0.1) is 6.04 Å². The molecule has 2 unspecified atom stereocenters. The van der Waals surface area contributed by atoms with Gasteiger partial charge in [0, 0.05) is 25.2 Å². The molecule has 1 fully saturated rings. The highest BCUT2D eigenvalue weighted by atomic mass is 16.2. The third kappa shape index (κ3) is 3.47. The topological polar surface area (TPSA) is 58.4 Å². The highest BCUT2D eigenvalue weighted by Gasteiger charge is 2.27. The minimum Gasteiger partial charge on any atom is -0.352 e. The first-order valence-electron chi connectivity index (χ1n) is 5.84. The quantitative estimate of drug-likeness (QED) is 0.707. The predicted octanol–water partition coefficient (Wildman–Crippen LogP) is 0.323. The van der Waals surface area contributed by atoms with E-state index >= 15 is 0 Å². The second-order valence-electron chi connectivity index (χ2n) is 4.54. The summed E-state index contributed by atoms with van der Waals surface area (Å²) in [5.74, 6) is 0.124. The first kappa shape index (κ1) is 12.5. The van der Waals surface area contributed by atoms with E-state index in [1.165, 1.54) is 0 Å². The van der Waals surface area contributed by atoms with Crippen LogP contribution >= 0.6 is 0 Å². The van der Waals surface area contributed by atoms with Crippen LogP contribution in [0.5, 0.6) is 0 Å². The van der Waals surface area contributed by atoms with Crippen molar-refractivity contribution >= 4 is 5.91 Å². The molecule has 3 N–H and O–H groups in total. The lowest BCUT2D eigenvalue weighted by atomic mass is 10.2. The number of nitrogens with two attached hydrogens (primary N) is 1. The molecule has 1 amide bonds. The van der Waals surface area contributed by atoms with Gasteiger partial charge in [0.15, 0.2) is 0 Å². The maximum Gasteiger partial charge on any atom is 0.237 e. The van der Waals surface area contributed by atoms with Gasteiger partial charge in [0.2, 0.25) is 5.91 Å². The van der Waals surface area contributed by atoms with E-state index in [0.717, 1.165) is 25.9 Å². The van der Waals surface area contributed by atoms with Gasteiger partial charge >= 0.3 is 0 Å². The number of nitrogens with one attached hydrogen (secondary N) is 1. The Balaban J connectivity index is 2.39. The van der Waals surface area contributed by atoms with Crippen LogP contribution in [0.4, 0.5) is 0 Å². The molecule has 0 saturated carbocycles. The van der Waals surface area contributed by atoms with Crippen LogP contribution in [-0.4, -0.2) is 42.0 Å². The summed E-state index contributed by atoms with van der Waals surface area (Å²) in [5, 5.41) is 3.00. The summed E-state index contributed by atoms with van der Waals surface area (Å²) in [6.07, 6.45) is 1.97. The lowest BCUT2D eigenvalue weighted by Gasteiger charge is -2.24. The molecule has 0 aromatic carbocycles. The number of hydrogen-bond acceptors (Lipinski definition) is 3. The molecule has 1 aliphatic heterocycles. The number of hydrogen-bond donors (Lipinski definition) is 2. The van der Waals surface area contributed by atoms with Gasteiger partial charge in [-0.25, -0.2) is 0 Å². The van der Waals surface area contributed by atoms with Gasteiger partial charge in [-0.05, 0) is 26.7 Å². The fraction of sp³-hybridized carbons (Fsp3) is 0.909. The third-order valence-corrected chi connectivity index (χ3v) is 3.18. The summed E-state index contributed by atoms with van der Waals surface area (Å²) < 4.78 is 0. The maximum absolute atomic E-state index is 11.8. The van der Waals surface area contributed by atoms with Crippen molar-refractivity contribution in [2.24, 2.45) is 5.73 Å². The molecule has 1 saturated heterocycles. The summed E-state index contributed by atoms with van der Waals surface area (Å²) in [6.45, 7) is 7.84. The zero-order valence-corrected chi connectivity index (χ0v) is 9.99.